The average molecular weight is 255 g/mol. The zero-order valence-electron chi connectivity index (χ0n) is 9.65. The highest BCUT2D eigenvalue weighted by atomic mass is 19.4. The zero-order chi connectivity index (χ0) is 13.5. The summed E-state index contributed by atoms with van der Waals surface area (Å²) in [5, 5.41) is 6.80. The molecule has 0 aliphatic rings. The van der Waals surface area contributed by atoms with Crippen molar-refractivity contribution in [2.45, 2.75) is 32.0 Å². The Morgan fingerprint density at radius 2 is 1.88 bits per heavy atom. The lowest BCUT2D eigenvalue weighted by Gasteiger charge is -2.13. The van der Waals surface area contributed by atoms with E-state index in [4.69, 9.17) is 0 Å². The van der Waals surface area contributed by atoms with Crippen LogP contribution in [0.2, 0.25) is 0 Å². The molecule has 0 saturated carbocycles. The van der Waals surface area contributed by atoms with Crippen LogP contribution in [-0.4, -0.2) is 37.7 Å². The molecule has 0 fully saturated rings. The second-order valence-electron chi connectivity index (χ2n) is 3.46. The van der Waals surface area contributed by atoms with Crippen molar-refractivity contribution >= 4 is 11.9 Å². The quantitative estimate of drug-likeness (QED) is 0.635. The van der Waals surface area contributed by atoms with E-state index in [1.807, 2.05) is 5.32 Å². The van der Waals surface area contributed by atoms with E-state index in [-0.39, 0.29) is 13.0 Å². The second-order valence-corrected chi connectivity index (χ2v) is 3.46. The summed E-state index contributed by atoms with van der Waals surface area (Å²) in [5.74, 6) is -0.587. The van der Waals surface area contributed by atoms with Crippen molar-refractivity contribution in [2.24, 2.45) is 0 Å². The predicted octanol–water partition coefficient (Wildman–Crippen LogP) is 0.763. The molecule has 0 aliphatic carbocycles. The van der Waals surface area contributed by atoms with Gasteiger partial charge in [-0.2, -0.15) is 13.2 Å². The van der Waals surface area contributed by atoms with Crippen molar-refractivity contribution in [1.82, 2.24) is 16.0 Å². The first-order valence-electron chi connectivity index (χ1n) is 5.09. The molecule has 0 heterocycles. The fourth-order valence-corrected chi connectivity index (χ4v) is 0.983. The molecule has 0 aliphatic heterocycles. The largest absolute Gasteiger partial charge is 0.389 e. The fraction of sp³-hybridized carbons (Fsp3) is 0.778. The number of hydrogen-bond donors (Lipinski definition) is 3. The maximum atomic E-state index is 11.8. The number of halogens is 3. The molecule has 3 N–H and O–H groups in total. The Kier molecular flexibility index (Phi) is 6.55. The highest BCUT2D eigenvalue weighted by Gasteiger charge is 2.26. The number of imide groups is 1. The van der Waals surface area contributed by atoms with Gasteiger partial charge in [-0.25, -0.2) is 4.79 Å². The van der Waals surface area contributed by atoms with Gasteiger partial charge < -0.3 is 10.6 Å². The maximum Gasteiger partial charge on any atom is 0.389 e. The van der Waals surface area contributed by atoms with Crippen molar-refractivity contribution in [2.75, 3.05) is 13.6 Å². The lowest BCUT2D eigenvalue weighted by atomic mass is 10.2. The second kappa shape index (κ2) is 7.10. The Morgan fingerprint density at radius 3 is 2.35 bits per heavy atom. The molecule has 3 amide bonds. The average Bonchev–Trinajstić information content (AvgIpc) is 2.22. The summed E-state index contributed by atoms with van der Waals surface area (Å²) >= 11 is 0. The topological polar surface area (TPSA) is 70.2 Å². The van der Waals surface area contributed by atoms with Gasteiger partial charge in [-0.1, -0.05) is 0 Å². The lowest BCUT2D eigenvalue weighted by molar-refractivity contribution is -0.135. The summed E-state index contributed by atoms with van der Waals surface area (Å²) in [4.78, 5) is 22.0. The maximum absolute atomic E-state index is 11.8. The van der Waals surface area contributed by atoms with Crippen molar-refractivity contribution in [3.63, 3.8) is 0 Å². The van der Waals surface area contributed by atoms with Crippen molar-refractivity contribution in [1.29, 1.82) is 0 Å². The zero-order valence-corrected chi connectivity index (χ0v) is 9.65. The highest BCUT2D eigenvalue weighted by Crippen LogP contribution is 2.20. The third kappa shape index (κ3) is 8.49. The van der Waals surface area contributed by atoms with Gasteiger partial charge in [0.1, 0.15) is 0 Å². The van der Waals surface area contributed by atoms with Crippen molar-refractivity contribution in [3.8, 4) is 0 Å². The monoisotopic (exact) mass is 255 g/mol. The standard InChI is InChI=1S/C9H16F3N3O2/c1-6(7(16)15-8(17)13-2)14-5-3-4-9(10,11)12/h6,14H,3-5H2,1-2H3,(H2,13,15,16,17). The summed E-state index contributed by atoms with van der Waals surface area (Å²) in [6, 6.07) is -1.38. The van der Waals surface area contributed by atoms with E-state index in [2.05, 4.69) is 10.6 Å². The first-order valence-corrected chi connectivity index (χ1v) is 5.09. The van der Waals surface area contributed by atoms with Crippen LogP contribution < -0.4 is 16.0 Å². The fourth-order valence-electron chi connectivity index (χ4n) is 0.983. The molecule has 0 spiro atoms. The molecule has 1 unspecified atom stereocenters. The van der Waals surface area contributed by atoms with Gasteiger partial charge in [0.25, 0.3) is 0 Å². The van der Waals surface area contributed by atoms with Gasteiger partial charge in [0.2, 0.25) is 5.91 Å². The minimum atomic E-state index is -4.19. The normalized spacial score (nSPS) is 13.0. The Hall–Kier alpha value is -1.31. The first-order chi connectivity index (χ1) is 7.76. The third-order valence-electron chi connectivity index (χ3n) is 1.94. The molecule has 1 atom stereocenters. The van der Waals surface area contributed by atoms with Gasteiger partial charge in [-0.05, 0) is 19.9 Å². The number of nitrogens with one attached hydrogen (secondary N) is 3. The Morgan fingerprint density at radius 1 is 1.29 bits per heavy atom. The van der Waals surface area contributed by atoms with Gasteiger partial charge in [-0.15, -0.1) is 0 Å². The van der Waals surface area contributed by atoms with E-state index in [1.54, 1.807) is 0 Å². The van der Waals surface area contributed by atoms with Crippen molar-refractivity contribution < 1.29 is 22.8 Å². The van der Waals surface area contributed by atoms with Gasteiger partial charge in [0.15, 0.2) is 0 Å². The van der Waals surface area contributed by atoms with Crippen LogP contribution in [0.4, 0.5) is 18.0 Å². The summed E-state index contributed by atoms with van der Waals surface area (Å²) < 4.78 is 35.4. The third-order valence-corrected chi connectivity index (χ3v) is 1.94. The molecule has 0 aromatic carbocycles. The van der Waals surface area contributed by atoms with Crippen LogP contribution in [0.25, 0.3) is 0 Å². The molecule has 17 heavy (non-hydrogen) atoms. The van der Waals surface area contributed by atoms with E-state index in [0.717, 1.165) is 0 Å². The van der Waals surface area contributed by atoms with E-state index in [9.17, 15) is 22.8 Å². The molecular weight excluding hydrogens is 239 g/mol. The Bertz CT molecular complexity index is 269. The highest BCUT2D eigenvalue weighted by molar-refractivity contribution is 5.96. The number of rotatable bonds is 5. The number of carbonyl (C=O) groups excluding carboxylic acids is 2. The number of carbonyl (C=O) groups is 2. The van der Waals surface area contributed by atoms with Crippen LogP contribution in [-0.2, 0) is 4.79 Å². The van der Waals surface area contributed by atoms with E-state index < -0.39 is 30.6 Å². The summed E-state index contributed by atoms with van der Waals surface area (Å²) in [5.41, 5.74) is 0. The number of urea groups is 1. The van der Waals surface area contributed by atoms with E-state index in [1.165, 1.54) is 14.0 Å². The number of hydrogen-bond acceptors (Lipinski definition) is 3. The smallest absolute Gasteiger partial charge is 0.341 e. The minimum Gasteiger partial charge on any atom is -0.341 e. The molecule has 100 valence electrons. The predicted molar refractivity (Wildman–Crippen MR) is 55.4 cm³/mol. The van der Waals surface area contributed by atoms with Crippen LogP contribution in [0.15, 0.2) is 0 Å². The molecule has 0 bridgehead atoms. The van der Waals surface area contributed by atoms with Crippen LogP contribution in [0, 0.1) is 0 Å². The lowest BCUT2D eigenvalue weighted by Crippen LogP contribution is -2.47. The van der Waals surface area contributed by atoms with Crippen LogP contribution in [0.3, 0.4) is 0 Å². The van der Waals surface area contributed by atoms with Crippen LogP contribution in [0.1, 0.15) is 19.8 Å². The van der Waals surface area contributed by atoms with Gasteiger partial charge in [-0.3, -0.25) is 10.1 Å². The Labute approximate surface area is 97.1 Å². The molecule has 0 radical (unpaired) electrons. The molecule has 8 heteroatoms. The molecule has 0 aromatic heterocycles. The van der Waals surface area contributed by atoms with Gasteiger partial charge in [0.05, 0.1) is 6.04 Å². The SMILES string of the molecule is CNC(=O)NC(=O)C(C)NCCCC(F)(F)F. The molecule has 0 saturated heterocycles. The van der Waals surface area contributed by atoms with Crippen LogP contribution in [0.5, 0.6) is 0 Å². The Balaban J connectivity index is 3.75. The van der Waals surface area contributed by atoms with E-state index in [0.29, 0.717) is 0 Å². The molecule has 0 rings (SSSR count). The van der Waals surface area contributed by atoms with E-state index >= 15 is 0 Å². The van der Waals surface area contributed by atoms with Gasteiger partial charge >= 0.3 is 12.2 Å². The number of alkyl halides is 3. The molecular formula is C9H16F3N3O2. The first kappa shape index (κ1) is 15.7. The summed E-state index contributed by atoms with van der Waals surface area (Å²) in [6.45, 7) is 1.52. The minimum absolute atomic E-state index is 0.0574. The summed E-state index contributed by atoms with van der Waals surface area (Å²) in [7, 11) is 1.35. The van der Waals surface area contributed by atoms with Crippen molar-refractivity contribution in [3.05, 3.63) is 0 Å². The molecule has 5 nitrogen and oxygen atoms in total. The number of amides is 3. The van der Waals surface area contributed by atoms with Crippen LogP contribution >= 0.6 is 0 Å². The summed E-state index contributed by atoms with van der Waals surface area (Å²) in [6.07, 6.45) is -5.19. The van der Waals surface area contributed by atoms with Gasteiger partial charge in [0, 0.05) is 13.5 Å². The molecule has 0 aromatic rings.